The normalized spacial score (nSPS) is 9.43. The Morgan fingerprint density at radius 2 is 2.21 bits per heavy atom. The van der Waals surface area contributed by atoms with Crippen molar-refractivity contribution in [3.63, 3.8) is 0 Å². The van der Waals surface area contributed by atoms with E-state index in [-0.39, 0.29) is 6.61 Å². The van der Waals surface area contributed by atoms with E-state index in [0.29, 0.717) is 23.3 Å². The minimum Gasteiger partial charge on any atom is -0.482 e. The molecule has 0 heterocycles. The summed E-state index contributed by atoms with van der Waals surface area (Å²) in [5, 5.41) is 0. The van der Waals surface area contributed by atoms with Gasteiger partial charge >= 0.3 is 0 Å². The monoisotopic (exact) mass is 194 g/mol. The lowest BCUT2D eigenvalue weighted by atomic mass is 10.2. The van der Waals surface area contributed by atoms with Crippen LogP contribution in [0.1, 0.15) is 10.4 Å². The summed E-state index contributed by atoms with van der Waals surface area (Å²) in [6, 6.07) is 4.52. The number of carbonyl (C=O) groups excluding carboxylic acids is 2. The molecule has 1 aromatic carbocycles. The number of hydrogen-bond acceptors (Lipinski definition) is 4. The molecule has 4 N–H and O–H groups in total. The van der Waals surface area contributed by atoms with Gasteiger partial charge in [0.15, 0.2) is 6.61 Å². The number of carbonyl (C=O) groups is 2. The van der Waals surface area contributed by atoms with Crippen molar-refractivity contribution in [2.75, 3.05) is 12.3 Å². The molecule has 0 atom stereocenters. The van der Waals surface area contributed by atoms with Crippen molar-refractivity contribution in [1.29, 1.82) is 0 Å². The van der Waals surface area contributed by atoms with E-state index in [1.54, 1.807) is 6.07 Å². The Kier molecular flexibility index (Phi) is 3.06. The summed E-state index contributed by atoms with van der Waals surface area (Å²) >= 11 is 0. The Morgan fingerprint density at radius 1 is 1.50 bits per heavy atom. The van der Waals surface area contributed by atoms with Crippen LogP contribution in [0.2, 0.25) is 0 Å². The van der Waals surface area contributed by atoms with Crippen molar-refractivity contribution in [3.8, 4) is 5.75 Å². The van der Waals surface area contributed by atoms with E-state index in [4.69, 9.17) is 16.2 Å². The Balaban J connectivity index is 2.78. The van der Waals surface area contributed by atoms with Gasteiger partial charge in [-0.25, -0.2) is 0 Å². The lowest BCUT2D eigenvalue weighted by Gasteiger charge is -2.06. The van der Waals surface area contributed by atoms with Gasteiger partial charge in [-0.05, 0) is 18.2 Å². The fourth-order valence-corrected chi connectivity index (χ4v) is 0.921. The fourth-order valence-electron chi connectivity index (χ4n) is 0.921. The van der Waals surface area contributed by atoms with Gasteiger partial charge in [0.1, 0.15) is 12.0 Å². The predicted octanol–water partition coefficient (Wildman–Crippen LogP) is -0.0546. The number of aldehydes is 1. The number of nitrogens with two attached hydrogens (primary N) is 2. The molecule has 0 spiro atoms. The molecule has 0 fully saturated rings. The molecule has 0 unspecified atom stereocenters. The highest BCUT2D eigenvalue weighted by Crippen LogP contribution is 2.21. The number of hydrogen-bond donors (Lipinski definition) is 2. The first kappa shape index (κ1) is 10.0. The zero-order chi connectivity index (χ0) is 10.6. The summed E-state index contributed by atoms with van der Waals surface area (Å²) in [5.41, 5.74) is 11.2. The molecule has 5 nitrogen and oxygen atoms in total. The topological polar surface area (TPSA) is 95.4 Å². The Morgan fingerprint density at radius 3 is 2.71 bits per heavy atom. The Labute approximate surface area is 80.6 Å². The van der Waals surface area contributed by atoms with Crippen LogP contribution in [-0.2, 0) is 4.79 Å². The van der Waals surface area contributed by atoms with E-state index in [1.807, 2.05) is 0 Å². The van der Waals surface area contributed by atoms with Crippen molar-refractivity contribution < 1.29 is 14.3 Å². The molecule has 0 aliphatic rings. The molecule has 1 aromatic rings. The van der Waals surface area contributed by atoms with Gasteiger partial charge < -0.3 is 16.2 Å². The molecule has 0 saturated carbocycles. The Bertz CT molecular complexity index is 363. The molecule has 0 aliphatic carbocycles. The van der Waals surface area contributed by atoms with Crippen molar-refractivity contribution in [2.45, 2.75) is 0 Å². The first-order valence-electron chi connectivity index (χ1n) is 3.89. The summed E-state index contributed by atoms with van der Waals surface area (Å²) in [6.07, 6.45) is 0.675. The molecule has 0 aromatic heterocycles. The second kappa shape index (κ2) is 4.27. The highest BCUT2D eigenvalue weighted by molar-refractivity contribution is 5.78. The van der Waals surface area contributed by atoms with Crippen LogP contribution in [-0.4, -0.2) is 18.8 Å². The molecule has 1 amide bonds. The van der Waals surface area contributed by atoms with Crippen molar-refractivity contribution in [1.82, 2.24) is 0 Å². The number of anilines is 1. The lowest BCUT2D eigenvalue weighted by molar-refractivity contribution is -0.119. The third-order valence-corrected chi connectivity index (χ3v) is 1.54. The van der Waals surface area contributed by atoms with E-state index in [1.165, 1.54) is 12.1 Å². The SMILES string of the molecule is NC(=O)COc1ccc(C=O)cc1N. The summed E-state index contributed by atoms with van der Waals surface area (Å²) in [4.78, 5) is 20.8. The molecular weight excluding hydrogens is 184 g/mol. The number of nitrogen functional groups attached to an aromatic ring is 1. The van der Waals surface area contributed by atoms with E-state index < -0.39 is 5.91 Å². The van der Waals surface area contributed by atoms with Crippen LogP contribution in [0.15, 0.2) is 18.2 Å². The van der Waals surface area contributed by atoms with Gasteiger partial charge in [0.05, 0.1) is 5.69 Å². The van der Waals surface area contributed by atoms with E-state index >= 15 is 0 Å². The zero-order valence-corrected chi connectivity index (χ0v) is 7.40. The molecule has 14 heavy (non-hydrogen) atoms. The van der Waals surface area contributed by atoms with Crippen LogP contribution in [0.25, 0.3) is 0 Å². The van der Waals surface area contributed by atoms with Gasteiger partial charge in [0.25, 0.3) is 5.91 Å². The van der Waals surface area contributed by atoms with Crippen LogP contribution in [0.4, 0.5) is 5.69 Å². The standard InChI is InChI=1S/C9H10N2O3/c10-7-3-6(4-12)1-2-8(7)14-5-9(11)13/h1-4H,5,10H2,(H2,11,13). The van der Waals surface area contributed by atoms with Gasteiger partial charge in [-0.1, -0.05) is 0 Å². The quantitative estimate of drug-likeness (QED) is 0.518. The van der Waals surface area contributed by atoms with E-state index in [0.717, 1.165) is 0 Å². The maximum absolute atomic E-state index is 10.4. The minimum atomic E-state index is -0.580. The summed E-state index contributed by atoms with van der Waals surface area (Å²) in [6.45, 7) is -0.232. The van der Waals surface area contributed by atoms with Crippen LogP contribution >= 0.6 is 0 Å². The molecule has 0 bridgehead atoms. The van der Waals surface area contributed by atoms with E-state index in [2.05, 4.69) is 0 Å². The van der Waals surface area contributed by atoms with Crippen molar-refractivity contribution in [2.24, 2.45) is 5.73 Å². The van der Waals surface area contributed by atoms with Gasteiger partial charge in [0, 0.05) is 5.56 Å². The van der Waals surface area contributed by atoms with Crippen LogP contribution < -0.4 is 16.2 Å². The molecular formula is C9H10N2O3. The molecule has 0 saturated heterocycles. The van der Waals surface area contributed by atoms with Crippen LogP contribution in [0.3, 0.4) is 0 Å². The first-order chi connectivity index (χ1) is 6.63. The highest BCUT2D eigenvalue weighted by atomic mass is 16.5. The minimum absolute atomic E-state index is 0.232. The third kappa shape index (κ3) is 2.48. The van der Waals surface area contributed by atoms with Crippen molar-refractivity contribution >= 4 is 17.9 Å². The first-order valence-corrected chi connectivity index (χ1v) is 3.89. The molecule has 0 aliphatic heterocycles. The van der Waals surface area contributed by atoms with Crippen molar-refractivity contribution in [3.05, 3.63) is 23.8 Å². The fraction of sp³-hybridized carbons (Fsp3) is 0.111. The highest BCUT2D eigenvalue weighted by Gasteiger charge is 2.02. The van der Waals surface area contributed by atoms with E-state index in [9.17, 15) is 9.59 Å². The summed E-state index contributed by atoms with van der Waals surface area (Å²) in [7, 11) is 0. The smallest absolute Gasteiger partial charge is 0.255 e. The largest absolute Gasteiger partial charge is 0.482 e. The second-order valence-corrected chi connectivity index (χ2v) is 2.67. The number of primary amides is 1. The average molecular weight is 194 g/mol. The van der Waals surface area contributed by atoms with Crippen LogP contribution in [0, 0.1) is 0 Å². The average Bonchev–Trinajstić information content (AvgIpc) is 2.15. The van der Waals surface area contributed by atoms with Gasteiger partial charge in [0.2, 0.25) is 0 Å². The van der Waals surface area contributed by atoms with Gasteiger partial charge in [-0.2, -0.15) is 0 Å². The Hall–Kier alpha value is -2.04. The van der Waals surface area contributed by atoms with Gasteiger partial charge in [-0.3, -0.25) is 9.59 Å². The maximum Gasteiger partial charge on any atom is 0.255 e. The molecule has 0 radical (unpaired) electrons. The predicted molar refractivity (Wildman–Crippen MR) is 50.9 cm³/mol. The number of ether oxygens (including phenoxy) is 1. The lowest BCUT2D eigenvalue weighted by Crippen LogP contribution is -2.20. The van der Waals surface area contributed by atoms with Gasteiger partial charge in [-0.15, -0.1) is 0 Å². The molecule has 5 heteroatoms. The second-order valence-electron chi connectivity index (χ2n) is 2.67. The molecule has 1 rings (SSSR count). The number of benzene rings is 1. The summed E-state index contributed by atoms with van der Waals surface area (Å²) < 4.78 is 4.98. The van der Waals surface area contributed by atoms with Crippen LogP contribution in [0.5, 0.6) is 5.75 Å². The molecule has 74 valence electrons. The summed E-state index contributed by atoms with van der Waals surface area (Å²) in [5.74, 6) is -0.238. The zero-order valence-electron chi connectivity index (χ0n) is 7.40. The number of rotatable bonds is 4. The third-order valence-electron chi connectivity index (χ3n) is 1.54. The number of amides is 1. The maximum atomic E-state index is 10.4.